The van der Waals surface area contributed by atoms with Gasteiger partial charge in [0.2, 0.25) is 0 Å². The van der Waals surface area contributed by atoms with E-state index < -0.39 is 12.6 Å². The predicted octanol–water partition coefficient (Wildman–Crippen LogP) is 7.83. The van der Waals surface area contributed by atoms with Crippen molar-refractivity contribution in [2.75, 3.05) is 0 Å². The summed E-state index contributed by atoms with van der Waals surface area (Å²) in [4.78, 5) is 0. The van der Waals surface area contributed by atoms with Crippen molar-refractivity contribution < 1.29 is 13.2 Å². The van der Waals surface area contributed by atoms with Gasteiger partial charge in [0.05, 0.1) is 16.8 Å². The van der Waals surface area contributed by atoms with Gasteiger partial charge in [0, 0.05) is 18.2 Å². The maximum Gasteiger partial charge on any atom is 0.260 e. The van der Waals surface area contributed by atoms with Crippen LogP contribution in [0.5, 0.6) is 0 Å². The molecule has 33 heavy (non-hydrogen) atoms. The number of alkyl halides is 3. The van der Waals surface area contributed by atoms with E-state index in [-0.39, 0.29) is 34.4 Å². The first-order chi connectivity index (χ1) is 15.7. The first-order valence-corrected chi connectivity index (χ1v) is 11.3. The molecule has 0 heterocycles. The molecule has 0 saturated carbocycles. The molecule has 6 heteroatoms. The summed E-state index contributed by atoms with van der Waals surface area (Å²) in [7, 11) is 0. The van der Waals surface area contributed by atoms with E-state index in [9.17, 15) is 13.2 Å². The van der Waals surface area contributed by atoms with Crippen molar-refractivity contribution in [1.29, 1.82) is 5.41 Å². The smallest absolute Gasteiger partial charge is 0.260 e. The fraction of sp³-hybridized carbons (Fsp3) is 0.296. The molecule has 2 N–H and O–H groups in total. The van der Waals surface area contributed by atoms with Crippen LogP contribution in [0.4, 0.5) is 13.2 Å². The van der Waals surface area contributed by atoms with Gasteiger partial charge >= 0.3 is 0 Å². The zero-order valence-corrected chi connectivity index (χ0v) is 19.5. The Morgan fingerprint density at radius 3 is 2.45 bits per heavy atom. The number of allylic oxidation sites excluding steroid dienone is 9. The molecular formula is C27H28ClF3N2. The molecule has 0 radical (unpaired) electrons. The lowest BCUT2D eigenvalue weighted by Gasteiger charge is -2.24. The van der Waals surface area contributed by atoms with Crippen LogP contribution in [0, 0.1) is 11.3 Å². The van der Waals surface area contributed by atoms with Gasteiger partial charge in [0.15, 0.2) is 0 Å². The molecule has 0 saturated heterocycles. The molecule has 0 aliphatic heterocycles. The van der Waals surface area contributed by atoms with E-state index in [1.54, 1.807) is 24.4 Å². The van der Waals surface area contributed by atoms with Gasteiger partial charge in [-0.05, 0) is 46.3 Å². The van der Waals surface area contributed by atoms with Crippen LogP contribution in [0.1, 0.15) is 43.9 Å². The van der Waals surface area contributed by atoms with Crippen molar-refractivity contribution in [1.82, 2.24) is 5.32 Å². The van der Waals surface area contributed by atoms with E-state index in [4.69, 9.17) is 17.0 Å². The van der Waals surface area contributed by atoms with Crippen molar-refractivity contribution in [3.63, 3.8) is 0 Å². The summed E-state index contributed by atoms with van der Waals surface area (Å²) in [5.41, 5.74) is 3.17. The van der Waals surface area contributed by atoms with Crippen LogP contribution in [0.2, 0.25) is 0 Å². The van der Waals surface area contributed by atoms with Gasteiger partial charge in [-0.25, -0.2) is 13.2 Å². The second-order valence-corrected chi connectivity index (χ2v) is 8.97. The van der Waals surface area contributed by atoms with E-state index in [0.29, 0.717) is 17.1 Å². The highest BCUT2D eigenvalue weighted by Gasteiger charge is 2.28. The Kier molecular flexibility index (Phi) is 8.20. The summed E-state index contributed by atoms with van der Waals surface area (Å²) in [6.07, 6.45) is 5.45. The van der Waals surface area contributed by atoms with E-state index >= 15 is 0 Å². The second-order valence-electron chi connectivity index (χ2n) is 8.59. The minimum atomic E-state index is -2.68. The molecule has 2 aliphatic rings. The number of halogens is 4. The summed E-state index contributed by atoms with van der Waals surface area (Å²) in [6, 6.07) is 8.07. The lowest BCUT2D eigenvalue weighted by atomic mass is 9.87. The largest absolute Gasteiger partial charge is 0.383 e. The maximum absolute atomic E-state index is 14.7. The number of benzene rings is 1. The van der Waals surface area contributed by atoms with Gasteiger partial charge in [-0.1, -0.05) is 80.6 Å². The highest BCUT2D eigenvalue weighted by atomic mass is 35.5. The van der Waals surface area contributed by atoms with Crippen molar-refractivity contribution in [3.05, 3.63) is 99.8 Å². The van der Waals surface area contributed by atoms with Gasteiger partial charge < -0.3 is 10.7 Å². The Morgan fingerprint density at radius 1 is 1.18 bits per heavy atom. The van der Waals surface area contributed by atoms with Crippen molar-refractivity contribution >= 4 is 23.4 Å². The third kappa shape index (κ3) is 5.97. The lowest BCUT2D eigenvalue weighted by Crippen LogP contribution is -2.21. The Morgan fingerprint density at radius 2 is 1.88 bits per heavy atom. The minimum Gasteiger partial charge on any atom is -0.383 e. The third-order valence-corrected chi connectivity index (χ3v) is 6.12. The number of rotatable bonds is 8. The summed E-state index contributed by atoms with van der Waals surface area (Å²) < 4.78 is 40.6. The number of hydrogen-bond donors (Lipinski definition) is 2. The Bertz CT molecular complexity index is 1060. The maximum atomic E-state index is 14.7. The summed E-state index contributed by atoms with van der Waals surface area (Å²) in [5, 5.41) is 11.9. The Balaban J connectivity index is 1.91. The number of hydrogen-bond acceptors (Lipinski definition) is 2. The van der Waals surface area contributed by atoms with Gasteiger partial charge in [0.1, 0.15) is 6.17 Å². The SMILES string of the molecule is C=Cc1ccc(C(CC(C)C)N/C=C2\C(=N)C=CC(C3=CC=C(C(F)F)CC3F)=C2Cl)cc1. The lowest BCUT2D eigenvalue weighted by molar-refractivity contribution is 0.177. The molecule has 0 bridgehead atoms. The minimum absolute atomic E-state index is 0.0117. The molecule has 2 nitrogen and oxygen atoms in total. The molecular weight excluding hydrogens is 445 g/mol. The molecule has 0 spiro atoms. The molecule has 0 aromatic heterocycles. The highest BCUT2D eigenvalue weighted by Crippen LogP contribution is 2.37. The first kappa shape index (κ1) is 24.8. The molecule has 174 valence electrons. The molecule has 2 unspecified atom stereocenters. The average Bonchev–Trinajstić information content (AvgIpc) is 2.78. The number of nitrogens with one attached hydrogen (secondary N) is 2. The fourth-order valence-electron chi connectivity index (χ4n) is 3.88. The fourth-order valence-corrected chi connectivity index (χ4v) is 4.21. The molecule has 2 atom stereocenters. The molecule has 1 aromatic carbocycles. The molecule has 3 rings (SSSR count). The van der Waals surface area contributed by atoms with Gasteiger partial charge in [-0.3, -0.25) is 0 Å². The molecule has 0 amide bonds. The van der Waals surface area contributed by atoms with Crippen LogP contribution in [0.15, 0.2) is 88.7 Å². The highest BCUT2D eigenvalue weighted by molar-refractivity contribution is 6.38. The van der Waals surface area contributed by atoms with Crippen LogP contribution in [0.25, 0.3) is 6.08 Å². The topological polar surface area (TPSA) is 35.9 Å². The van der Waals surface area contributed by atoms with E-state index in [1.165, 1.54) is 12.2 Å². The van der Waals surface area contributed by atoms with E-state index in [2.05, 4.69) is 25.7 Å². The monoisotopic (exact) mass is 472 g/mol. The van der Waals surface area contributed by atoms with Gasteiger partial charge in [-0.2, -0.15) is 0 Å². The first-order valence-electron chi connectivity index (χ1n) is 10.9. The van der Waals surface area contributed by atoms with Crippen molar-refractivity contribution in [3.8, 4) is 0 Å². The van der Waals surface area contributed by atoms with E-state index in [1.807, 2.05) is 24.3 Å². The van der Waals surface area contributed by atoms with Crippen LogP contribution in [0.3, 0.4) is 0 Å². The van der Waals surface area contributed by atoms with Crippen LogP contribution in [-0.4, -0.2) is 18.3 Å². The summed E-state index contributed by atoms with van der Waals surface area (Å²) >= 11 is 6.61. The summed E-state index contributed by atoms with van der Waals surface area (Å²) in [6.45, 7) is 8.05. The van der Waals surface area contributed by atoms with Crippen LogP contribution >= 0.6 is 11.6 Å². The zero-order valence-electron chi connectivity index (χ0n) is 18.7. The predicted molar refractivity (Wildman–Crippen MR) is 131 cm³/mol. The standard InChI is InChI=1S/C27H28ClF3N2/c1-4-17-5-7-18(8-6-17)25(13-16(2)3)33-15-22-24(32)12-11-21(26(22)28)20-10-9-19(27(30)31)14-23(20)29/h4-12,15-16,23,25,27,32-33H,1,13-14H2,2-3H3/b22-15+,32-24?. The Labute approximate surface area is 198 Å². The van der Waals surface area contributed by atoms with E-state index in [0.717, 1.165) is 17.5 Å². The second kappa shape index (κ2) is 10.9. The molecule has 2 aliphatic carbocycles. The molecule has 0 fully saturated rings. The Hall–Kier alpha value is -2.79. The van der Waals surface area contributed by atoms with Crippen LogP contribution in [-0.2, 0) is 0 Å². The van der Waals surface area contributed by atoms with Gasteiger partial charge in [-0.15, -0.1) is 0 Å². The third-order valence-electron chi connectivity index (χ3n) is 5.71. The quantitative estimate of drug-likeness (QED) is 0.397. The van der Waals surface area contributed by atoms with Crippen LogP contribution < -0.4 is 5.32 Å². The van der Waals surface area contributed by atoms with Crippen molar-refractivity contribution in [2.24, 2.45) is 5.92 Å². The normalized spacial score (nSPS) is 20.9. The van der Waals surface area contributed by atoms with Gasteiger partial charge in [0.25, 0.3) is 6.43 Å². The van der Waals surface area contributed by atoms with Crippen molar-refractivity contribution in [2.45, 2.75) is 45.3 Å². The average molecular weight is 473 g/mol. The molecule has 1 aromatic rings. The summed E-state index contributed by atoms with van der Waals surface area (Å²) in [5.74, 6) is 0.419. The zero-order chi connectivity index (χ0) is 24.1.